The van der Waals surface area contributed by atoms with E-state index in [2.05, 4.69) is 6.58 Å². The molecule has 0 fully saturated rings. The Hall–Kier alpha value is -1.48. The van der Waals surface area contributed by atoms with Crippen molar-refractivity contribution in [1.29, 1.82) is 0 Å². The van der Waals surface area contributed by atoms with Crippen LogP contribution in [0.2, 0.25) is 0 Å². The second-order valence-electron chi connectivity index (χ2n) is 4.42. The Kier molecular flexibility index (Phi) is 4.58. The Labute approximate surface area is 102 Å². The van der Waals surface area contributed by atoms with E-state index in [0.717, 1.165) is 0 Å². The minimum Gasteiger partial charge on any atom is -0.393 e. The Balaban J connectivity index is 2.83. The molecule has 0 heterocycles. The molecule has 0 aliphatic heterocycles. The standard InChI is InChI=1S/C14H18O3/c1-4-11(6-5-10(3)15)12-8-13(16)9(2)7-14(12)17/h4,7-8,10-11,15H,1,5-6H2,2-3H3/t10-,11-/m0/s1. The van der Waals surface area contributed by atoms with Gasteiger partial charge in [0.1, 0.15) is 0 Å². The maximum atomic E-state index is 11.8. The maximum Gasteiger partial charge on any atom is 0.182 e. The Morgan fingerprint density at radius 2 is 1.94 bits per heavy atom. The van der Waals surface area contributed by atoms with Crippen molar-refractivity contribution in [2.24, 2.45) is 5.92 Å². The Bertz CT molecular complexity index is 400. The predicted molar refractivity (Wildman–Crippen MR) is 66.5 cm³/mol. The van der Waals surface area contributed by atoms with Gasteiger partial charge in [-0.05, 0) is 38.8 Å². The molecule has 1 rings (SSSR count). The third kappa shape index (κ3) is 3.49. The SMILES string of the molecule is C=C[C@@H](CC[C@H](C)O)C1=CC(=O)C(C)=CC1=O. The summed E-state index contributed by atoms with van der Waals surface area (Å²) in [6.07, 6.45) is 5.22. The number of allylic oxidation sites excluding steroid dienone is 5. The molecule has 1 N–H and O–H groups in total. The van der Waals surface area contributed by atoms with E-state index < -0.39 is 6.10 Å². The molecule has 0 saturated heterocycles. The van der Waals surface area contributed by atoms with E-state index in [1.54, 1.807) is 19.9 Å². The molecule has 0 saturated carbocycles. The van der Waals surface area contributed by atoms with E-state index in [4.69, 9.17) is 0 Å². The highest BCUT2D eigenvalue weighted by Gasteiger charge is 2.23. The van der Waals surface area contributed by atoms with Crippen LogP contribution in [0, 0.1) is 5.92 Å². The summed E-state index contributed by atoms with van der Waals surface area (Å²) < 4.78 is 0. The summed E-state index contributed by atoms with van der Waals surface area (Å²) in [5.74, 6) is -0.411. The van der Waals surface area contributed by atoms with Gasteiger partial charge in [0.2, 0.25) is 0 Å². The highest BCUT2D eigenvalue weighted by molar-refractivity contribution is 6.19. The quantitative estimate of drug-likeness (QED) is 0.584. The smallest absolute Gasteiger partial charge is 0.182 e. The fourth-order valence-electron chi connectivity index (χ4n) is 1.79. The summed E-state index contributed by atoms with van der Waals surface area (Å²) in [7, 11) is 0. The summed E-state index contributed by atoms with van der Waals surface area (Å²) in [5.41, 5.74) is 0.952. The lowest BCUT2D eigenvalue weighted by molar-refractivity contribution is -0.115. The third-order valence-electron chi connectivity index (χ3n) is 2.89. The fraction of sp³-hybridized carbons (Fsp3) is 0.429. The van der Waals surface area contributed by atoms with Gasteiger partial charge in [0.25, 0.3) is 0 Å². The van der Waals surface area contributed by atoms with Crippen molar-refractivity contribution in [1.82, 2.24) is 0 Å². The molecule has 0 spiro atoms. The van der Waals surface area contributed by atoms with Gasteiger partial charge in [-0.3, -0.25) is 9.59 Å². The number of carbonyl (C=O) groups excluding carboxylic acids is 2. The van der Waals surface area contributed by atoms with Gasteiger partial charge in [-0.1, -0.05) is 6.08 Å². The molecule has 3 nitrogen and oxygen atoms in total. The molecule has 0 amide bonds. The Morgan fingerprint density at radius 3 is 2.47 bits per heavy atom. The van der Waals surface area contributed by atoms with Crippen molar-refractivity contribution in [3.05, 3.63) is 36.0 Å². The molecule has 0 unspecified atom stereocenters. The van der Waals surface area contributed by atoms with Crippen molar-refractivity contribution in [3.63, 3.8) is 0 Å². The van der Waals surface area contributed by atoms with Gasteiger partial charge in [0.05, 0.1) is 6.10 Å². The van der Waals surface area contributed by atoms with Crippen molar-refractivity contribution >= 4 is 11.6 Å². The van der Waals surface area contributed by atoms with E-state index in [1.165, 1.54) is 12.2 Å². The number of aliphatic hydroxyl groups excluding tert-OH is 1. The van der Waals surface area contributed by atoms with Gasteiger partial charge in [0, 0.05) is 17.1 Å². The minimum absolute atomic E-state index is 0.122. The van der Waals surface area contributed by atoms with Crippen LogP contribution < -0.4 is 0 Å². The first kappa shape index (κ1) is 13.6. The lowest BCUT2D eigenvalue weighted by Crippen LogP contribution is -2.18. The molecular formula is C14H18O3. The first-order valence-corrected chi connectivity index (χ1v) is 5.75. The minimum atomic E-state index is -0.412. The summed E-state index contributed by atoms with van der Waals surface area (Å²) in [6.45, 7) is 7.02. The average molecular weight is 234 g/mol. The number of aliphatic hydroxyl groups is 1. The topological polar surface area (TPSA) is 54.4 Å². The number of carbonyl (C=O) groups is 2. The van der Waals surface area contributed by atoms with E-state index in [1.807, 2.05) is 0 Å². The van der Waals surface area contributed by atoms with Crippen molar-refractivity contribution < 1.29 is 14.7 Å². The van der Waals surface area contributed by atoms with Crippen LogP contribution in [0.3, 0.4) is 0 Å². The van der Waals surface area contributed by atoms with Crippen LogP contribution in [-0.2, 0) is 9.59 Å². The number of ketones is 2. The number of rotatable bonds is 5. The highest BCUT2D eigenvalue weighted by Crippen LogP contribution is 2.24. The molecule has 1 aliphatic carbocycles. The predicted octanol–water partition coefficient (Wildman–Crippen LogP) is 1.97. The van der Waals surface area contributed by atoms with Gasteiger partial charge in [-0.15, -0.1) is 6.58 Å². The molecule has 0 aromatic heterocycles. The van der Waals surface area contributed by atoms with E-state index >= 15 is 0 Å². The lowest BCUT2D eigenvalue weighted by atomic mass is 9.85. The van der Waals surface area contributed by atoms with Crippen LogP contribution in [0.25, 0.3) is 0 Å². The summed E-state index contributed by atoms with van der Waals surface area (Å²) >= 11 is 0. The van der Waals surface area contributed by atoms with E-state index in [9.17, 15) is 14.7 Å². The Morgan fingerprint density at radius 1 is 1.29 bits per heavy atom. The second kappa shape index (κ2) is 5.73. The van der Waals surface area contributed by atoms with Gasteiger partial charge < -0.3 is 5.11 Å². The van der Waals surface area contributed by atoms with Gasteiger partial charge >= 0.3 is 0 Å². The zero-order valence-electron chi connectivity index (χ0n) is 10.3. The van der Waals surface area contributed by atoms with Gasteiger partial charge in [-0.2, -0.15) is 0 Å². The van der Waals surface area contributed by atoms with Gasteiger partial charge in [-0.25, -0.2) is 0 Å². The summed E-state index contributed by atoms with van der Waals surface area (Å²) in [6, 6.07) is 0. The zero-order valence-corrected chi connectivity index (χ0v) is 10.3. The van der Waals surface area contributed by atoms with E-state index in [-0.39, 0.29) is 17.5 Å². The van der Waals surface area contributed by atoms with Crippen LogP contribution in [0.15, 0.2) is 36.0 Å². The number of hydrogen-bond donors (Lipinski definition) is 1. The molecule has 0 radical (unpaired) electrons. The van der Waals surface area contributed by atoms with Crippen LogP contribution in [0.1, 0.15) is 26.7 Å². The van der Waals surface area contributed by atoms with Crippen molar-refractivity contribution in [3.8, 4) is 0 Å². The normalized spacial score (nSPS) is 19.5. The molecule has 0 aromatic rings. The summed E-state index contributed by atoms with van der Waals surface area (Å²) in [5, 5.41) is 9.24. The monoisotopic (exact) mass is 234 g/mol. The maximum absolute atomic E-state index is 11.8. The molecule has 1 aliphatic rings. The van der Waals surface area contributed by atoms with Crippen molar-refractivity contribution in [2.45, 2.75) is 32.8 Å². The molecule has 3 heteroatoms. The molecule has 17 heavy (non-hydrogen) atoms. The molecule has 0 bridgehead atoms. The van der Waals surface area contributed by atoms with Crippen LogP contribution >= 0.6 is 0 Å². The number of hydrogen-bond acceptors (Lipinski definition) is 3. The van der Waals surface area contributed by atoms with Crippen LogP contribution in [0.5, 0.6) is 0 Å². The summed E-state index contributed by atoms with van der Waals surface area (Å²) in [4.78, 5) is 23.3. The van der Waals surface area contributed by atoms with Crippen molar-refractivity contribution in [2.75, 3.05) is 0 Å². The molecule has 0 aromatic carbocycles. The molecular weight excluding hydrogens is 216 g/mol. The molecule has 92 valence electrons. The third-order valence-corrected chi connectivity index (χ3v) is 2.89. The first-order chi connectivity index (χ1) is 7.95. The van der Waals surface area contributed by atoms with Crippen LogP contribution in [0.4, 0.5) is 0 Å². The first-order valence-electron chi connectivity index (χ1n) is 5.75. The second-order valence-corrected chi connectivity index (χ2v) is 4.42. The highest BCUT2D eigenvalue weighted by atomic mass is 16.3. The lowest BCUT2D eigenvalue weighted by Gasteiger charge is -2.18. The van der Waals surface area contributed by atoms with E-state index in [0.29, 0.717) is 24.0 Å². The molecule has 2 atom stereocenters. The largest absolute Gasteiger partial charge is 0.393 e. The fourth-order valence-corrected chi connectivity index (χ4v) is 1.79. The zero-order chi connectivity index (χ0) is 13.0. The van der Waals surface area contributed by atoms with Crippen LogP contribution in [-0.4, -0.2) is 22.8 Å². The van der Waals surface area contributed by atoms with Gasteiger partial charge in [0.15, 0.2) is 11.6 Å². The average Bonchev–Trinajstić information content (AvgIpc) is 2.25.